The first kappa shape index (κ1) is 25.4. The van der Waals surface area contributed by atoms with Crippen LogP contribution in [0, 0.1) is 13.8 Å². The van der Waals surface area contributed by atoms with Gasteiger partial charge in [0.1, 0.15) is 36.3 Å². The lowest BCUT2D eigenvalue weighted by Gasteiger charge is -2.40. The van der Waals surface area contributed by atoms with Gasteiger partial charge in [0.25, 0.3) is 0 Å². The predicted molar refractivity (Wildman–Crippen MR) is 134 cm³/mol. The topological polar surface area (TPSA) is 99.4 Å². The maximum atomic E-state index is 10.8. The molecule has 3 aromatic rings. The number of ether oxygens (including phenoxy) is 2. The summed E-state index contributed by atoms with van der Waals surface area (Å²) in [7, 11) is 0. The summed E-state index contributed by atoms with van der Waals surface area (Å²) >= 11 is 0. The number of benzene rings is 3. The van der Waals surface area contributed by atoms with E-state index in [2.05, 4.69) is 31.2 Å². The summed E-state index contributed by atoms with van der Waals surface area (Å²) in [6.07, 6.45) is -5.35. The monoisotopic (exact) mass is 478 g/mol. The van der Waals surface area contributed by atoms with Crippen molar-refractivity contribution in [3.8, 4) is 16.9 Å². The molecule has 4 rings (SSSR count). The van der Waals surface area contributed by atoms with Gasteiger partial charge in [-0.05, 0) is 78.8 Å². The highest BCUT2D eigenvalue weighted by Crippen LogP contribution is 2.37. The van der Waals surface area contributed by atoms with Crippen LogP contribution in [0.2, 0.25) is 0 Å². The summed E-state index contributed by atoms with van der Waals surface area (Å²) in [6.45, 7) is 6.22. The van der Waals surface area contributed by atoms with Crippen molar-refractivity contribution in [1.82, 2.24) is 0 Å². The zero-order valence-electron chi connectivity index (χ0n) is 20.4. The van der Waals surface area contributed by atoms with E-state index < -0.39 is 37.1 Å². The van der Waals surface area contributed by atoms with Crippen LogP contribution in [-0.2, 0) is 11.2 Å². The Morgan fingerprint density at radius 2 is 1.54 bits per heavy atom. The van der Waals surface area contributed by atoms with E-state index in [9.17, 15) is 20.4 Å². The van der Waals surface area contributed by atoms with Crippen molar-refractivity contribution in [2.24, 2.45) is 0 Å². The summed E-state index contributed by atoms with van der Waals surface area (Å²) in [5.74, 6) is 0.823. The molecule has 1 heterocycles. The van der Waals surface area contributed by atoms with Gasteiger partial charge in [-0.1, -0.05) is 48.0 Å². The van der Waals surface area contributed by atoms with Crippen LogP contribution in [0.25, 0.3) is 11.1 Å². The van der Waals surface area contributed by atoms with E-state index >= 15 is 0 Å². The third-order valence-corrected chi connectivity index (χ3v) is 6.75. The molecule has 6 nitrogen and oxygen atoms in total. The van der Waals surface area contributed by atoms with E-state index in [1.165, 1.54) is 0 Å². The van der Waals surface area contributed by atoms with Gasteiger partial charge in [-0.2, -0.15) is 0 Å². The van der Waals surface area contributed by atoms with Crippen LogP contribution in [0.4, 0.5) is 0 Å². The summed E-state index contributed by atoms with van der Waals surface area (Å²) in [5.41, 5.74) is 7.15. The molecule has 1 aliphatic heterocycles. The normalized spacial score (nSPS) is 24.4. The highest BCUT2D eigenvalue weighted by Gasteiger charge is 2.44. The average Bonchev–Trinajstić information content (AvgIpc) is 2.86. The summed E-state index contributed by atoms with van der Waals surface area (Å²) < 4.78 is 11.4. The van der Waals surface area contributed by atoms with Crippen LogP contribution in [0.15, 0.2) is 60.7 Å². The molecule has 0 amide bonds. The fourth-order valence-electron chi connectivity index (χ4n) is 4.65. The predicted octanol–water partition coefficient (Wildman–Crippen LogP) is 3.47. The van der Waals surface area contributed by atoms with Crippen molar-refractivity contribution in [1.29, 1.82) is 0 Å². The zero-order chi connectivity index (χ0) is 25.1. The number of rotatable bonds is 7. The number of aliphatic hydroxyl groups excluding tert-OH is 4. The first-order valence-corrected chi connectivity index (χ1v) is 12.0. The molecule has 0 spiro atoms. The minimum Gasteiger partial charge on any atom is -0.494 e. The average molecular weight is 479 g/mol. The van der Waals surface area contributed by atoms with Crippen molar-refractivity contribution in [3.05, 3.63) is 88.5 Å². The fraction of sp³-hybridized carbons (Fsp3) is 0.379. The van der Waals surface area contributed by atoms with Crippen molar-refractivity contribution >= 4 is 0 Å². The lowest BCUT2D eigenvalue weighted by Crippen LogP contribution is -2.55. The van der Waals surface area contributed by atoms with Gasteiger partial charge in [-0.25, -0.2) is 0 Å². The van der Waals surface area contributed by atoms with E-state index in [4.69, 9.17) is 9.47 Å². The van der Waals surface area contributed by atoms with Gasteiger partial charge in [0, 0.05) is 0 Å². The molecule has 6 heteroatoms. The van der Waals surface area contributed by atoms with Crippen LogP contribution in [0.5, 0.6) is 5.75 Å². The van der Waals surface area contributed by atoms with E-state index in [1.54, 1.807) is 0 Å². The Balaban J connectivity index is 1.77. The van der Waals surface area contributed by atoms with Crippen molar-refractivity contribution in [3.63, 3.8) is 0 Å². The molecule has 0 aromatic heterocycles. The third-order valence-electron chi connectivity index (χ3n) is 6.75. The standard InChI is InChI=1S/C29H34O6/c1-4-34-23-11-7-19(8-12-23)13-21-14-22(29-28(33)27(32)26(31)25(16-30)35-29)15-24(18(21)3)20-9-5-17(2)6-10-20/h5-12,14-15,25-33H,4,13,16H2,1-3H3/t25-,26-,27+,28-,29+/m1/s1. The molecular weight excluding hydrogens is 444 g/mol. The van der Waals surface area contributed by atoms with E-state index in [0.29, 0.717) is 18.6 Å². The van der Waals surface area contributed by atoms with Crippen LogP contribution in [0.3, 0.4) is 0 Å². The van der Waals surface area contributed by atoms with Crippen LogP contribution < -0.4 is 4.74 Å². The van der Waals surface area contributed by atoms with E-state index in [1.807, 2.05) is 50.2 Å². The maximum Gasteiger partial charge on any atom is 0.119 e. The largest absolute Gasteiger partial charge is 0.494 e. The number of aryl methyl sites for hydroxylation is 1. The van der Waals surface area contributed by atoms with Crippen LogP contribution in [0.1, 0.15) is 40.8 Å². The van der Waals surface area contributed by atoms with Gasteiger partial charge in [-0.15, -0.1) is 0 Å². The van der Waals surface area contributed by atoms with Crippen molar-refractivity contribution < 1.29 is 29.9 Å². The van der Waals surface area contributed by atoms with Crippen LogP contribution >= 0.6 is 0 Å². The Kier molecular flexibility index (Phi) is 7.89. The quantitative estimate of drug-likeness (QED) is 0.415. The summed E-state index contributed by atoms with van der Waals surface area (Å²) in [5, 5.41) is 41.0. The first-order chi connectivity index (χ1) is 16.8. The third kappa shape index (κ3) is 5.42. The smallest absolute Gasteiger partial charge is 0.119 e. The molecule has 0 aliphatic carbocycles. The van der Waals surface area contributed by atoms with Gasteiger partial charge in [-0.3, -0.25) is 0 Å². The molecular formula is C29H34O6. The fourth-order valence-corrected chi connectivity index (χ4v) is 4.65. The first-order valence-electron chi connectivity index (χ1n) is 12.0. The molecule has 35 heavy (non-hydrogen) atoms. The Morgan fingerprint density at radius 3 is 2.17 bits per heavy atom. The lowest BCUT2D eigenvalue weighted by atomic mass is 9.85. The second-order valence-corrected chi connectivity index (χ2v) is 9.22. The molecule has 0 saturated carbocycles. The second kappa shape index (κ2) is 10.9. The number of hydrogen-bond donors (Lipinski definition) is 4. The minimum absolute atomic E-state index is 0.461. The molecule has 186 valence electrons. The minimum atomic E-state index is -1.43. The number of aliphatic hydroxyl groups is 4. The molecule has 1 saturated heterocycles. The number of hydrogen-bond acceptors (Lipinski definition) is 6. The van der Waals surface area contributed by atoms with Crippen molar-refractivity contribution in [2.45, 2.75) is 57.7 Å². The summed E-state index contributed by atoms with van der Waals surface area (Å²) in [4.78, 5) is 0. The van der Waals surface area contributed by atoms with E-state index in [0.717, 1.165) is 39.1 Å². The van der Waals surface area contributed by atoms with Gasteiger partial charge in [0.05, 0.1) is 13.2 Å². The second-order valence-electron chi connectivity index (χ2n) is 9.22. The Labute approximate surface area is 206 Å². The molecule has 0 bridgehead atoms. The van der Waals surface area contributed by atoms with Gasteiger partial charge in [0.2, 0.25) is 0 Å². The highest BCUT2D eigenvalue weighted by atomic mass is 16.5. The molecule has 3 aromatic carbocycles. The SMILES string of the molecule is CCOc1ccc(Cc2cc([C@@H]3O[C@H](CO)[C@@H](O)[C@H](O)[C@H]3O)cc(-c3ccc(C)cc3)c2C)cc1. The molecule has 5 atom stereocenters. The van der Waals surface area contributed by atoms with Crippen LogP contribution in [-0.4, -0.2) is 58.1 Å². The lowest BCUT2D eigenvalue weighted by molar-refractivity contribution is -0.231. The zero-order valence-corrected chi connectivity index (χ0v) is 20.4. The Morgan fingerprint density at radius 1 is 0.857 bits per heavy atom. The van der Waals surface area contributed by atoms with Gasteiger partial charge in [0.15, 0.2) is 0 Å². The van der Waals surface area contributed by atoms with Gasteiger partial charge < -0.3 is 29.9 Å². The Bertz CT molecular complexity index is 1120. The highest BCUT2D eigenvalue weighted by molar-refractivity contribution is 5.70. The maximum absolute atomic E-state index is 10.8. The molecule has 4 N–H and O–H groups in total. The van der Waals surface area contributed by atoms with E-state index in [-0.39, 0.29) is 0 Å². The van der Waals surface area contributed by atoms with Gasteiger partial charge >= 0.3 is 0 Å². The molecule has 1 aliphatic rings. The molecule has 0 radical (unpaired) electrons. The summed E-state index contributed by atoms with van der Waals surface area (Å²) in [6, 6.07) is 20.2. The molecule has 1 fully saturated rings. The Hall–Kier alpha value is -2.74. The van der Waals surface area contributed by atoms with Crippen molar-refractivity contribution in [2.75, 3.05) is 13.2 Å². The molecule has 0 unspecified atom stereocenters.